The van der Waals surface area contributed by atoms with E-state index < -0.39 is 10.0 Å². The van der Waals surface area contributed by atoms with E-state index in [0.29, 0.717) is 44.2 Å². The zero-order valence-corrected chi connectivity index (χ0v) is 14.8. The lowest BCUT2D eigenvalue weighted by Gasteiger charge is -2.35. The van der Waals surface area contributed by atoms with Crippen molar-refractivity contribution in [3.63, 3.8) is 0 Å². The molecule has 24 heavy (non-hydrogen) atoms. The van der Waals surface area contributed by atoms with Gasteiger partial charge in [0.1, 0.15) is 0 Å². The number of hydrogen-bond donors (Lipinski definition) is 0. The first-order valence-corrected chi connectivity index (χ1v) is 9.86. The molecule has 1 atom stereocenters. The van der Waals surface area contributed by atoms with Crippen LogP contribution < -0.4 is 0 Å². The fourth-order valence-corrected chi connectivity index (χ4v) is 4.79. The van der Waals surface area contributed by atoms with E-state index in [9.17, 15) is 13.2 Å². The Morgan fingerprint density at radius 2 is 1.79 bits per heavy atom. The third-order valence-electron chi connectivity index (χ3n) is 4.71. The van der Waals surface area contributed by atoms with E-state index in [4.69, 9.17) is 4.74 Å². The Morgan fingerprint density at radius 1 is 1.12 bits per heavy atom. The number of hydrogen-bond acceptors (Lipinski definition) is 4. The third kappa shape index (κ3) is 3.63. The number of morpholine rings is 1. The number of sulfonamides is 1. The summed E-state index contributed by atoms with van der Waals surface area (Å²) in [6.45, 7) is 4.98. The Labute approximate surface area is 143 Å². The maximum absolute atomic E-state index is 12.8. The van der Waals surface area contributed by atoms with E-state index >= 15 is 0 Å². The molecule has 0 unspecified atom stereocenters. The number of ether oxygens (including phenoxy) is 1. The second-order valence-corrected chi connectivity index (χ2v) is 8.39. The minimum absolute atomic E-state index is 0.0575. The van der Waals surface area contributed by atoms with Gasteiger partial charge in [0.2, 0.25) is 15.9 Å². The maximum atomic E-state index is 12.8. The molecule has 0 bridgehead atoms. The zero-order valence-electron chi connectivity index (χ0n) is 14.0. The molecule has 2 fully saturated rings. The van der Waals surface area contributed by atoms with Crippen LogP contribution in [-0.2, 0) is 19.6 Å². The van der Waals surface area contributed by atoms with Crippen LogP contribution in [0.2, 0.25) is 0 Å². The van der Waals surface area contributed by atoms with Gasteiger partial charge in [-0.25, -0.2) is 8.42 Å². The largest absolute Gasteiger partial charge is 0.378 e. The van der Waals surface area contributed by atoms with Gasteiger partial charge in [0, 0.05) is 26.2 Å². The Bertz CT molecular complexity index is 681. The molecule has 0 saturated carbocycles. The highest BCUT2D eigenvalue weighted by Crippen LogP contribution is 2.25. The van der Waals surface area contributed by atoms with Crippen molar-refractivity contribution in [2.75, 3.05) is 39.4 Å². The van der Waals surface area contributed by atoms with Crippen molar-refractivity contribution >= 4 is 15.9 Å². The van der Waals surface area contributed by atoms with Gasteiger partial charge in [-0.15, -0.1) is 0 Å². The highest BCUT2D eigenvalue weighted by molar-refractivity contribution is 7.89. The molecule has 0 aromatic heterocycles. The molecule has 2 saturated heterocycles. The van der Waals surface area contributed by atoms with Gasteiger partial charge in [0.05, 0.1) is 24.0 Å². The van der Waals surface area contributed by atoms with Crippen LogP contribution in [0.25, 0.3) is 0 Å². The molecule has 0 spiro atoms. The Morgan fingerprint density at radius 3 is 2.46 bits per heavy atom. The molecule has 0 aliphatic carbocycles. The number of aryl methyl sites for hydroxylation is 1. The maximum Gasteiger partial charge on any atom is 0.243 e. The molecule has 0 radical (unpaired) electrons. The summed E-state index contributed by atoms with van der Waals surface area (Å²) in [6, 6.07) is 6.87. The van der Waals surface area contributed by atoms with Crippen LogP contribution in [0, 0.1) is 12.8 Å². The van der Waals surface area contributed by atoms with E-state index in [2.05, 4.69) is 0 Å². The van der Waals surface area contributed by atoms with E-state index in [1.54, 1.807) is 29.2 Å². The number of benzene rings is 1. The number of carbonyl (C=O) groups is 1. The van der Waals surface area contributed by atoms with Crippen molar-refractivity contribution in [1.29, 1.82) is 0 Å². The van der Waals surface area contributed by atoms with Crippen molar-refractivity contribution in [3.05, 3.63) is 29.8 Å². The fourth-order valence-electron chi connectivity index (χ4n) is 3.26. The zero-order chi connectivity index (χ0) is 17.2. The third-order valence-corrected chi connectivity index (χ3v) is 6.59. The summed E-state index contributed by atoms with van der Waals surface area (Å²) in [5.74, 6) is -0.195. The van der Waals surface area contributed by atoms with Crippen molar-refractivity contribution in [3.8, 4) is 0 Å². The van der Waals surface area contributed by atoms with E-state index in [1.165, 1.54) is 4.31 Å². The minimum Gasteiger partial charge on any atom is -0.378 e. The van der Waals surface area contributed by atoms with Gasteiger partial charge in [-0.3, -0.25) is 4.79 Å². The molecule has 2 heterocycles. The van der Waals surface area contributed by atoms with Crippen molar-refractivity contribution in [2.24, 2.45) is 5.92 Å². The number of nitrogens with zero attached hydrogens (tertiary/aromatic N) is 2. The minimum atomic E-state index is -3.54. The average Bonchev–Trinajstić information content (AvgIpc) is 2.62. The molecule has 2 aliphatic rings. The molecule has 1 amide bonds. The van der Waals surface area contributed by atoms with Crippen LogP contribution in [-0.4, -0.2) is 62.9 Å². The molecular formula is C17H24N2O4S. The SMILES string of the molecule is Cc1ccc(S(=O)(=O)N2CCC[C@H](C(=O)N3CCOCC3)C2)cc1. The average molecular weight is 352 g/mol. The number of rotatable bonds is 3. The van der Waals surface area contributed by atoms with Crippen LogP contribution in [0.4, 0.5) is 0 Å². The van der Waals surface area contributed by atoms with Gasteiger partial charge in [-0.2, -0.15) is 4.31 Å². The van der Waals surface area contributed by atoms with Crippen molar-refractivity contribution in [2.45, 2.75) is 24.7 Å². The summed E-state index contributed by atoms with van der Waals surface area (Å²) in [4.78, 5) is 14.8. The molecule has 3 rings (SSSR count). The Balaban J connectivity index is 1.72. The summed E-state index contributed by atoms with van der Waals surface area (Å²) < 4.78 is 32.4. The molecule has 132 valence electrons. The number of piperidine rings is 1. The second kappa shape index (κ2) is 7.21. The van der Waals surface area contributed by atoms with E-state index in [-0.39, 0.29) is 18.4 Å². The smallest absolute Gasteiger partial charge is 0.243 e. The molecule has 6 nitrogen and oxygen atoms in total. The summed E-state index contributed by atoms with van der Waals surface area (Å²) in [7, 11) is -3.54. The predicted molar refractivity (Wildman–Crippen MR) is 90.1 cm³/mol. The topological polar surface area (TPSA) is 66.9 Å². The lowest BCUT2D eigenvalue weighted by molar-refractivity contribution is -0.140. The van der Waals surface area contributed by atoms with E-state index in [0.717, 1.165) is 12.0 Å². The van der Waals surface area contributed by atoms with Crippen molar-refractivity contribution in [1.82, 2.24) is 9.21 Å². The predicted octanol–water partition coefficient (Wildman–Crippen LogP) is 1.25. The van der Waals surface area contributed by atoms with Crippen LogP contribution in [0.3, 0.4) is 0 Å². The monoisotopic (exact) mass is 352 g/mol. The van der Waals surface area contributed by atoms with Crippen LogP contribution >= 0.6 is 0 Å². The number of carbonyl (C=O) groups excluding carboxylic acids is 1. The van der Waals surface area contributed by atoms with Gasteiger partial charge < -0.3 is 9.64 Å². The lowest BCUT2D eigenvalue weighted by atomic mass is 9.98. The Kier molecular flexibility index (Phi) is 5.22. The standard InChI is InChI=1S/C17H24N2O4S/c1-14-4-6-16(7-5-14)24(21,22)19-8-2-3-15(13-19)17(20)18-9-11-23-12-10-18/h4-7,15H,2-3,8-13H2,1H3/t15-/m0/s1. The summed E-state index contributed by atoms with van der Waals surface area (Å²) >= 11 is 0. The van der Waals surface area contributed by atoms with Gasteiger partial charge >= 0.3 is 0 Å². The van der Waals surface area contributed by atoms with Crippen LogP contribution in [0.1, 0.15) is 18.4 Å². The molecule has 2 aliphatic heterocycles. The lowest BCUT2D eigenvalue weighted by Crippen LogP contribution is -2.49. The summed E-state index contributed by atoms with van der Waals surface area (Å²) in [5.41, 5.74) is 1.02. The molecule has 1 aromatic carbocycles. The normalized spacial score (nSPS) is 23.2. The molecule has 0 N–H and O–H groups in total. The van der Waals surface area contributed by atoms with Gasteiger partial charge in [0.15, 0.2) is 0 Å². The van der Waals surface area contributed by atoms with Gasteiger partial charge in [-0.05, 0) is 31.9 Å². The first-order chi connectivity index (χ1) is 11.5. The highest BCUT2D eigenvalue weighted by atomic mass is 32.2. The van der Waals surface area contributed by atoms with Crippen LogP contribution in [0.15, 0.2) is 29.2 Å². The molecular weight excluding hydrogens is 328 g/mol. The van der Waals surface area contributed by atoms with Gasteiger partial charge in [-0.1, -0.05) is 17.7 Å². The fraction of sp³-hybridized carbons (Fsp3) is 0.588. The first-order valence-electron chi connectivity index (χ1n) is 8.42. The quantitative estimate of drug-likeness (QED) is 0.821. The van der Waals surface area contributed by atoms with Gasteiger partial charge in [0.25, 0.3) is 0 Å². The molecule has 1 aromatic rings. The Hall–Kier alpha value is -1.44. The van der Waals surface area contributed by atoms with E-state index in [1.807, 2.05) is 6.92 Å². The molecule has 7 heteroatoms. The summed E-state index contributed by atoms with van der Waals surface area (Å²) in [5, 5.41) is 0. The second-order valence-electron chi connectivity index (χ2n) is 6.45. The number of amides is 1. The van der Waals surface area contributed by atoms with Crippen LogP contribution in [0.5, 0.6) is 0 Å². The summed E-state index contributed by atoms with van der Waals surface area (Å²) in [6.07, 6.45) is 1.46. The first kappa shape index (κ1) is 17.4. The van der Waals surface area contributed by atoms with Crippen molar-refractivity contribution < 1.29 is 17.9 Å². The highest BCUT2D eigenvalue weighted by Gasteiger charge is 2.35.